The maximum absolute atomic E-state index is 12.5. The Bertz CT molecular complexity index is 495. The Morgan fingerprint density at radius 2 is 2.26 bits per heavy atom. The van der Waals surface area contributed by atoms with Crippen molar-refractivity contribution in [3.8, 4) is 0 Å². The van der Waals surface area contributed by atoms with Gasteiger partial charge < -0.3 is 10.0 Å². The van der Waals surface area contributed by atoms with Gasteiger partial charge in [-0.05, 0) is 25.3 Å². The number of rotatable bonds is 4. The van der Waals surface area contributed by atoms with Crippen LogP contribution in [0.4, 0.5) is 0 Å². The molecule has 1 amide bonds. The Morgan fingerprint density at radius 1 is 1.53 bits per heavy atom. The predicted molar refractivity (Wildman–Crippen MR) is 68.9 cm³/mol. The van der Waals surface area contributed by atoms with Crippen molar-refractivity contribution in [2.24, 2.45) is 7.05 Å². The second kappa shape index (κ2) is 5.42. The normalized spacial score (nSPS) is 18.8. The summed E-state index contributed by atoms with van der Waals surface area (Å²) in [5.41, 5.74) is 1.41. The highest BCUT2D eigenvalue weighted by Gasteiger charge is 2.32. The lowest BCUT2D eigenvalue weighted by molar-refractivity contribution is -0.137. The van der Waals surface area contributed by atoms with Crippen molar-refractivity contribution in [2.45, 2.75) is 38.6 Å². The monoisotopic (exact) mass is 265 g/mol. The van der Waals surface area contributed by atoms with E-state index in [4.69, 9.17) is 5.11 Å². The molecule has 1 atom stereocenters. The number of hydrogen-bond acceptors (Lipinski definition) is 3. The molecule has 0 spiro atoms. The summed E-state index contributed by atoms with van der Waals surface area (Å²) >= 11 is 0. The summed E-state index contributed by atoms with van der Waals surface area (Å²) in [4.78, 5) is 25.0. The minimum atomic E-state index is -0.857. The molecule has 1 N–H and O–H groups in total. The molecule has 19 heavy (non-hydrogen) atoms. The number of aryl methyl sites for hydroxylation is 2. The molecular formula is C13H19N3O3. The van der Waals surface area contributed by atoms with Crippen LogP contribution in [-0.4, -0.2) is 44.3 Å². The summed E-state index contributed by atoms with van der Waals surface area (Å²) < 4.78 is 1.58. The van der Waals surface area contributed by atoms with Crippen LogP contribution in [0.2, 0.25) is 0 Å². The van der Waals surface area contributed by atoms with Crippen LogP contribution >= 0.6 is 0 Å². The second-order valence-corrected chi connectivity index (χ2v) is 4.89. The zero-order valence-corrected chi connectivity index (χ0v) is 11.3. The van der Waals surface area contributed by atoms with E-state index in [0.29, 0.717) is 12.2 Å². The molecular weight excluding hydrogens is 246 g/mol. The SMILES string of the molecule is CCc1cc(C(=O)N2CCCC2CC(=O)O)n(C)n1. The third-order valence-corrected chi connectivity index (χ3v) is 3.56. The largest absolute Gasteiger partial charge is 0.481 e. The molecule has 1 aliphatic heterocycles. The fourth-order valence-electron chi connectivity index (χ4n) is 2.56. The van der Waals surface area contributed by atoms with E-state index in [1.807, 2.05) is 6.92 Å². The van der Waals surface area contributed by atoms with Crippen LogP contribution in [0.15, 0.2) is 6.07 Å². The predicted octanol–water partition coefficient (Wildman–Crippen LogP) is 1.06. The highest BCUT2D eigenvalue weighted by molar-refractivity contribution is 5.93. The smallest absolute Gasteiger partial charge is 0.305 e. The first-order valence-electron chi connectivity index (χ1n) is 6.58. The second-order valence-electron chi connectivity index (χ2n) is 4.89. The van der Waals surface area contributed by atoms with E-state index in [9.17, 15) is 9.59 Å². The Kier molecular flexibility index (Phi) is 3.87. The van der Waals surface area contributed by atoms with E-state index in [0.717, 1.165) is 25.0 Å². The Labute approximate surface area is 112 Å². The van der Waals surface area contributed by atoms with Gasteiger partial charge in [-0.15, -0.1) is 0 Å². The summed E-state index contributed by atoms with van der Waals surface area (Å²) in [5.74, 6) is -0.970. The molecule has 2 rings (SSSR count). The van der Waals surface area contributed by atoms with Crippen LogP contribution < -0.4 is 0 Å². The first-order valence-corrected chi connectivity index (χ1v) is 6.58. The van der Waals surface area contributed by atoms with Crippen molar-refractivity contribution in [3.63, 3.8) is 0 Å². The summed E-state index contributed by atoms with van der Waals surface area (Å²) in [6, 6.07) is 1.60. The molecule has 1 aliphatic rings. The Morgan fingerprint density at radius 3 is 2.84 bits per heavy atom. The van der Waals surface area contributed by atoms with Crippen LogP contribution in [0.1, 0.15) is 42.4 Å². The summed E-state index contributed by atoms with van der Waals surface area (Å²) in [6.45, 7) is 2.61. The third-order valence-electron chi connectivity index (χ3n) is 3.56. The average molecular weight is 265 g/mol. The number of aromatic nitrogens is 2. The van der Waals surface area contributed by atoms with Crippen molar-refractivity contribution < 1.29 is 14.7 Å². The number of aliphatic carboxylic acids is 1. The topological polar surface area (TPSA) is 75.4 Å². The van der Waals surface area contributed by atoms with Crippen LogP contribution in [0.5, 0.6) is 0 Å². The number of likely N-dealkylation sites (tertiary alicyclic amines) is 1. The number of carbonyl (C=O) groups is 2. The molecule has 1 aromatic heterocycles. The molecule has 1 unspecified atom stereocenters. The maximum Gasteiger partial charge on any atom is 0.305 e. The number of amides is 1. The minimum Gasteiger partial charge on any atom is -0.481 e. The van der Waals surface area contributed by atoms with Gasteiger partial charge in [0.15, 0.2) is 0 Å². The zero-order valence-electron chi connectivity index (χ0n) is 11.3. The van der Waals surface area contributed by atoms with Crippen LogP contribution in [0, 0.1) is 0 Å². The molecule has 0 aliphatic carbocycles. The van der Waals surface area contributed by atoms with Gasteiger partial charge in [-0.2, -0.15) is 5.10 Å². The number of carboxylic acid groups (broad SMARTS) is 1. The van der Waals surface area contributed by atoms with Gasteiger partial charge in [0.1, 0.15) is 5.69 Å². The summed E-state index contributed by atoms with van der Waals surface area (Å²) in [5, 5.41) is 13.1. The van der Waals surface area contributed by atoms with Gasteiger partial charge in [-0.1, -0.05) is 6.92 Å². The summed E-state index contributed by atoms with van der Waals surface area (Å²) in [6.07, 6.45) is 2.42. The highest BCUT2D eigenvalue weighted by Crippen LogP contribution is 2.22. The first-order chi connectivity index (χ1) is 9.02. The number of carboxylic acids is 1. The Hall–Kier alpha value is -1.85. The van der Waals surface area contributed by atoms with E-state index in [1.165, 1.54) is 0 Å². The van der Waals surface area contributed by atoms with Gasteiger partial charge in [0.05, 0.1) is 12.1 Å². The minimum absolute atomic E-state index is 0.0181. The van der Waals surface area contributed by atoms with Crippen LogP contribution in [0.25, 0.3) is 0 Å². The molecule has 1 fully saturated rings. The molecule has 6 heteroatoms. The third kappa shape index (κ3) is 2.77. The molecule has 0 radical (unpaired) electrons. The van der Waals surface area contributed by atoms with Gasteiger partial charge in [0.2, 0.25) is 0 Å². The lowest BCUT2D eigenvalue weighted by Crippen LogP contribution is -2.37. The van der Waals surface area contributed by atoms with E-state index in [2.05, 4.69) is 5.10 Å². The van der Waals surface area contributed by atoms with Crippen molar-refractivity contribution in [2.75, 3.05) is 6.54 Å². The standard InChI is InChI=1S/C13H19N3O3/c1-3-9-7-11(15(2)14-9)13(19)16-6-4-5-10(16)8-12(17)18/h7,10H,3-6,8H2,1-2H3,(H,17,18). The van der Waals surface area contributed by atoms with E-state index >= 15 is 0 Å². The van der Waals surface area contributed by atoms with Gasteiger partial charge >= 0.3 is 5.97 Å². The van der Waals surface area contributed by atoms with Gasteiger partial charge in [0, 0.05) is 19.6 Å². The summed E-state index contributed by atoms with van der Waals surface area (Å²) in [7, 11) is 1.74. The molecule has 1 aromatic rings. The first kappa shape index (κ1) is 13.6. The van der Waals surface area contributed by atoms with Gasteiger partial charge in [0.25, 0.3) is 5.91 Å². The average Bonchev–Trinajstić information content (AvgIpc) is 2.94. The molecule has 6 nitrogen and oxygen atoms in total. The van der Waals surface area contributed by atoms with Crippen molar-refractivity contribution >= 4 is 11.9 Å². The van der Waals surface area contributed by atoms with Gasteiger partial charge in [-0.3, -0.25) is 14.3 Å². The van der Waals surface area contributed by atoms with E-state index < -0.39 is 5.97 Å². The quantitative estimate of drug-likeness (QED) is 0.883. The molecule has 104 valence electrons. The number of hydrogen-bond donors (Lipinski definition) is 1. The molecule has 2 heterocycles. The molecule has 0 aromatic carbocycles. The van der Waals surface area contributed by atoms with Crippen molar-refractivity contribution in [1.29, 1.82) is 0 Å². The lowest BCUT2D eigenvalue weighted by atomic mass is 10.1. The zero-order chi connectivity index (χ0) is 14.0. The van der Waals surface area contributed by atoms with Crippen LogP contribution in [-0.2, 0) is 18.3 Å². The van der Waals surface area contributed by atoms with E-state index in [1.54, 1.807) is 22.7 Å². The highest BCUT2D eigenvalue weighted by atomic mass is 16.4. The molecule has 0 saturated carbocycles. The molecule has 1 saturated heterocycles. The van der Waals surface area contributed by atoms with Crippen molar-refractivity contribution in [1.82, 2.24) is 14.7 Å². The van der Waals surface area contributed by atoms with E-state index in [-0.39, 0.29) is 18.4 Å². The van der Waals surface area contributed by atoms with Crippen LogP contribution in [0.3, 0.4) is 0 Å². The Balaban J connectivity index is 2.18. The number of carbonyl (C=O) groups excluding carboxylic acids is 1. The maximum atomic E-state index is 12.5. The van der Waals surface area contributed by atoms with Gasteiger partial charge in [-0.25, -0.2) is 0 Å². The number of nitrogens with zero attached hydrogens (tertiary/aromatic N) is 3. The fraction of sp³-hybridized carbons (Fsp3) is 0.615. The lowest BCUT2D eigenvalue weighted by Gasteiger charge is -2.23. The van der Waals surface area contributed by atoms with Crippen molar-refractivity contribution in [3.05, 3.63) is 17.5 Å². The molecule has 0 bridgehead atoms. The fourth-order valence-corrected chi connectivity index (χ4v) is 2.56.